The minimum absolute atomic E-state index is 0.0556. The van der Waals surface area contributed by atoms with E-state index in [0.717, 1.165) is 5.56 Å². The van der Waals surface area contributed by atoms with Crippen LogP contribution < -0.4 is 21.4 Å². The van der Waals surface area contributed by atoms with Gasteiger partial charge < -0.3 is 14.4 Å². The number of rotatable bonds is 9. The number of aryl methyl sites for hydroxylation is 2. The second kappa shape index (κ2) is 10.2. The topological polar surface area (TPSA) is 170 Å². The molecule has 0 fully saturated rings. The molecule has 0 aliphatic heterocycles. The number of non-ortho nitro benzene ring substituents is 1. The zero-order chi connectivity index (χ0) is 25.8. The van der Waals surface area contributed by atoms with Crippen LogP contribution in [0.5, 0.6) is 5.75 Å². The van der Waals surface area contributed by atoms with Crippen LogP contribution in [0.15, 0.2) is 63.2 Å². The highest BCUT2D eigenvalue weighted by Crippen LogP contribution is 2.19. The van der Waals surface area contributed by atoms with Gasteiger partial charge in [0, 0.05) is 24.7 Å². The predicted octanol–water partition coefficient (Wildman–Crippen LogP) is 1.53. The number of benzene rings is 2. The molecule has 2 aromatic carbocycles. The Morgan fingerprint density at radius 3 is 2.81 bits per heavy atom. The van der Waals surface area contributed by atoms with Crippen LogP contribution in [0.1, 0.15) is 11.1 Å². The van der Waals surface area contributed by atoms with Crippen LogP contribution in [0.3, 0.4) is 0 Å². The third-order valence-corrected chi connectivity index (χ3v) is 5.38. The summed E-state index contributed by atoms with van der Waals surface area (Å²) in [7, 11) is 1.45. The number of fused-ring (bicyclic) bond motifs is 1. The Balaban J connectivity index is 1.62. The van der Waals surface area contributed by atoms with Gasteiger partial charge in [0.25, 0.3) is 11.2 Å². The van der Waals surface area contributed by atoms with E-state index in [9.17, 15) is 24.8 Å². The number of aliphatic hydroxyl groups is 1. The smallest absolute Gasteiger partial charge is 0.329 e. The van der Waals surface area contributed by atoms with Gasteiger partial charge in [-0.25, -0.2) is 10.2 Å². The maximum Gasteiger partial charge on any atom is 0.329 e. The van der Waals surface area contributed by atoms with E-state index in [0.29, 0.717) is 11.3 Å². The van der Waals surface area contributed by atoms with Gasteiger partial charge in [0.1, 0.15) is 18.5 Å². The summed E-state index contributed by atoms with van der Waals surface area (Å²) < 4.78 is 8.27. The Kier molecular flexibility index (Phi) is 6.92. The van der Waals surface area contributed by atoms with E-state index in [-0.39, 0.29) is 36.0 Å². The molecule has 13 nitrogen and oxygen atoms in total. The van der Waals surface area contributed by atoms with Crippen LogP contribution in [-0.4, -0.2) is 48.1 Å². The predicted molar refractivity (Wildman–Crippen MR) is 133 cm³/mol. The number of nitro groups is 1. The quantitative estimate of drug-likeness (QED) is 0.179. The molecule has 2 aromatic heterocycles. The van der Waals surface area contributed by atoms with E-state index in [2.05, 4.69) is 20.5 Å². The number of anilines is 1. The van der Waals surface area contributed by atoms with Gasteiger partial charge in [-0.1, -0.05) is 30.3 Å². The fourth-order valence-corrected chi connectivity index (χ4v) is 3.55. The third-order valence-electron chi connectivity index (χ3n) is 5.38. The summed E-state index contributed by atoms with van der Waals surface area (Å²) in [5.41, 5.74) is 2.78. The highest BCUT2D eigenvalue weighted by Gasteiger charge is 2.20. The normalized spacial score (nSPS) is 12.2. The lowest BCUT2D eigenvalue weighted by Crippen LogP contribution is -2.30. The van der Waals surface area contributed by atoms with E-state index in [1.807, 2.05) is 25.1 Å². The summed E-state index contributed by atoms with van der Waals surface area (Å²) in [6, 6.07) is 13.2. The lowest BCUT2D eigenvalue weighted by molar-refractivity contribution is -0.384. The molecular formula is C23H23N7O6. The van der Waals surface area contributed by atoms with Crippen molar-refractivity contribution in [3.05, 3.63) is 90.6 Å². The lowest BCUT2D eigenvalue weighted by atomic mass is 10.2. The fourth-order valence-electron chi connectivity index (χ4n) is 3.55. The number of nitro benzene ring substituents is 1. The third kappa shape index (κ3) is 5.15. The van der Waals surface area contributed by atoms with Crippen LogP contribution in [0.2, 0.25) is 0 Å². The van der Waals surface area contributed by atoms with Gasteiger partial charge in [-0.2, -0.15) is 10.1 Å². The van der Waals surface area contributed by atoms with Crippen LogP contribution >= 0.6 is 0 Å². The number of nitrogens with one attached hydrogen (secondary N) is 2. The van der Waals surface area contributed by atoms with E-state index < -0.39 is 22.3 Å². The molecule has 0 radical (unpaired) electrons. The van der Waals surface area contributed by atoms with Gasteiger partial charge in [0.05, 0.1) is 17.7 Å². The van der Waals surface area contributed by atoms with Gasteiger partial charge in [-0.3, -0.25) is 24.5 Å². The van der Waals surface area contributed by atoms with Crippen molar-refractivity contribution >= 4 is 29.0 Å². The van der Waals surface area contributed by atoms with Crippen molar-refractivity contribution < 1.29 is 14.8 Å². The monoisotopic (exact) mass is 493 g/mol. The maximum absolute atomic E-state index is 12.6. The van der Waals surface area contributed by atoms with Gasteiger partial charge in [-0.15, -0.1) is 0 Å². The van der Waals surface area contributed by atoms with Crippen LogP contribution in [-0.2, 0) is 13.6 Å². The number of para-hydroxylation sites is 1. The zero-order valence-corrected chi connectivity index (χ0v) is 19.4. The molecule has 186 valence electrons. The molecule has 2 heterocycles. The summed E-state index contributed by atoms with van der Waals surface area (Å²) in [6.07, 6.45) is 0.303. The van der Waals surface area contributed by atoms with Crippen molar-refractivity contribution in [1.82, 2.24) is 19.1 Å². The van der Waals surface area contributed by atoms with Gasteiger partial charge in [0.2, 0.25) is 5.95 Å². The van der Waals surface area contributed by atoms with Crippen LogP contribution in [0.4, 0.5) is 11.6 Å². The number of aromatic amines is 1. The Bertz CT molecular complexity index is 1570. The van der Waals surface area contributed by atoms with Gasteiger partial charge in [0.15, 0.2) is 11.2 Å². The maximum atomic E-state index is 12.6. The summed E-state index contributed by atoms with van der Waals surface area (Å²) in [6.45, 7) is 1.72. The second-order valence-electron chi connectivity index (χ2n) is 7.99. The molecule has 0 saturated carbocycles. The molecule has 0 spiro atoms. The molecule has 1 atom stereocenters. The minimum atomic E-state index is -1.04. The first-order valence-corrected chi connectivity index (χ1v) is 10.8. The van der Waals surface area contributed by atoms with Crippen LogP contribution in [0, 0.1) is 17.0 Å². The number of hydrogen-bond donors (Lipinski definition) is 3. The fraction of sp³-hybridized carbons (Fsp3) is 0.217. The molecule has 0 aliphatic rings. The number of ether oxygens (including phenoxy) is 1. The highest BCUT2D eigenvalue weighted by atomic mass is 16.6. The molecular weight excluding hydrogens is 470 g/mol. The van der Waals surface area contributed by atoms with Crippen molar-refractivity contribution in [2.45, 2.75) is 19.6 Å². The number of H-pyrrole nitrogens is 1. The Morgan fingerprint density at radius 2 is 2.06 bits per heavy atom. The lowest BCUT2D eigenvalue weighted by Gasteiger charge is -2.16. The number of aromatic nitrogens is 4. The summed E-state index contributed by atoms with van der Waals surface area (Å²) in [5.74, 6) is 0.695. The van der Waals surface area contributed by atoms with E-state index in [4.69, 9.17) is 4.74 Å². The van der Waals surface area contributed by atoms with Crippen LogP contribution in [0.25, 0.3) is 11.2 Å². The molecule has 3 N–H and O–H groups in total. The summed E-state index contributed by atoms with van der Waals surface area (Å²) in [4.78, 5) is 41.7. The minimum Gasteiger partial charge on any atom is -0.491 e. The first-order chi connectivity index (χ1) is 17.2. The molecule has 0 bridgehead atoms. The van der Waals surface area contributed by atoms with Gasteiger partial charge in [-0.05, 0) is 18.6 Å². The summed E-state index contributed by atoms with van der Waals surface area (Å²) >= 11 is 0. The number of aliphatic hydroxyl groups excluding tert-OH is 1. The Hall–Kier alpha value is -4.78. The number of hydrazone groups is 1. The van der Waals surface area contributed by atoms with Crippen molar-refractivity contribution in [1.29, 1.82) is 0 Å². The first kappa shape index (κ1) is 24.3. The SMILES string of the molecule is Cc1ccccc1OCC(O)Cn1c(N/N=C\c2cccc([N+](=O)[O-])c2)nc2c1c(=O)[nH]c(=O)n2C. The average molecular weight is 493 g/mol. The summed E-state index contributed by atoms with van der Waals surface area (Å²) in [5, 5.41) is 25.7. The molecule has 1 unspecified atom stereocenters. The van der Waals surface area contributed by atoms with Crippen molar-refractivity contribution in [2.24, 2.45) is 12.1 Å². The zero-order valence-electron chi connectivity index (χ0n) is 19.4. The molecule has 13 heteroatoms. The first-order valence-electron chi connectivity index (χ1n) is 10.8. The number of nitrogens with zero attached hydrogens (tertiary/aromatic N) is 5. The molecule has 0 aliphatic carbocycles. The number of imidazole rings is 1. The Morgan fingerprint density at radius 1 is 1.28 bits per heavy atom. The average Bonchev–Trinajstić information content (AvgIpc) is 3.21. The largest absolute Gasteiger partial charge is 0.491 e. The van der Waals surface area contributed by atoms with E-state index in [1.165, 1.54) is 40.6 Å². The molecule has 0 saturated heterocycles. The van der Waals surface area contributed by atoms with Gasteiger partial charge >= 0.3 is 5.69 Å². The van der Waals surface area contributed by atoms with E-state index in [1.54, 1.807) is 12.1 Å². The van der Waals surface area contributed by atoms with Crippen molar-refractivity contribution in [3.8, 4) is 5.75 Å². The molecule has 0 amide bonds. The molecule has 4 rings (SSSR count). The second-order valence-corrected chi connectivity index (χ2v) is 7.99. The van der Waals surface area contributed by atoms with E-state index >= 15 is 0 Å². The highest BCUT2D eigenvalue weighted by molar-refractivity contribution is 5.81. The standard InChI is InChI=1S/C23H23N7O6/c1-14-6-3-4-9-18(14)36-13-17(31)12-29-19-20(28(2)23(33)26-21(19)32)25-22(29)27-24-11-15-7-5-8-16(10-15)30(34)35/h3-11,17,31H,12-13H2,1-2H3,(H,25,27)(H,26,32,33)/b24-11-. The molecule has 36 heavy (non-hydrogen) atoms. The molecule has 4 aromatic rings. The Labute approximate surface area is 203 Å². The van der Waals surface area contributed by atoms with Crippen molar-refractivity contribution in [3.63, 3.8) is 0 Å². The van der Waals surface area contributed by atoms with Crippen molar-refractivity contribution in [2.75, 3.05) is 12.0 Å². The number of hydrogen-bond acceptors (Lipinski definition) is 9.